The Labute approximate surface area is 81.3 Å². The number of carboxylic acid groups (broad SMARTS) is 1. The molecule has 0 aliphatic rings. The predicted molar refractivity (Wildman–Crippen MR) is 45.8 cm³/mol. The largest absolute Gasteiger partial charge is 0.478 e. The SMILES string of the molecule is Cc1c(F)c(Br)cc(C(=O)O)c1F. The summed E-state index contributed by atoms with van der Waals surface area (Å²) in [6, 6.07) is 0.903. The molecule has 5 heteroatoms. The van der Waals surface area contributed by atoms with E-state index in [4.69, 9.17) is 5.11 Å². The zero-order valence-corrected chi connectivity index (χ0v) is 8.15. The van der Waals surface area contributed by atoms with Crippen LogP contribution in [0.3, 0.4) is 0 Å². The number of rotatable bonds is 1. The summed E-state index contributed by atoms with van der Waals surface area (Å²) >= 11 is 2.79. The predicted octanol–water partition coefficient (Wildman–Crippen LogP) is 2.73. The molecule has 0 bridgehead atoms. The third-order valence-corrected chi connectivity index (χ3v) is 2.18. The van der Waals surface area contributed by atoms with E-state index in [0.29, 0.717) is 0 Å². The van der Waals surface area contributed by atoms with Crippen molar-refractivity contribution in [2.45, 2.75) is 6.92 Å². The van der Waals surface area contributed by atoms with Crippen LogP contribution in [-0.4, -0.2) is 11.1 Å². The van der Waals surface area contributed by atoms with Crippen LogP contribution in [0.5, 0.6) is 0 Å². The van der Waals surface area contributed by atoms with E-state index in [-0.39, 0.29) is 10.0 Å². The molecule has 1 N–H and O–H groups in total. The van der Waals surface area contributed by atoms with Crippen molar-refractivity contribution >= 4 is 21.9 Å². The number of carbonyl (C=O) groups is 1. The van der Waals surface area contributed by atoms with E-state index in [1.165, 1.54) is 6.92 Å². The van der Waals surface area contributed by atoms with Crippen LogP contribution in [0.1, 0.15) is 15.9 Å². The van der Waals surface area contributed by atoms with Gasteiger partial charge in [-0.25, -0.2) is 13.6 Å². The first-order valence-corrected chi connectivity index (χ1v) is 4.12. The van der Waals surface area contributed by atoms with Crippen LogP contribution in [0, 0.1) is 18.6 Å². The van der Waals surface area contributed by atoms with Crippen LogP contribution in [0.2, 0.25) is 0 Å². The molecule has 1 rings (SSSR count). The number of halogens is 3. The molecule has 0 saturated heterocycles. The molecule has 13 heavy (non-hydrogen) atoms. The Bertz CT molecular complexity index is 377. The minimum atomic E-state index is -1.42. The van der Waals surface area contributed by atoms with Gasteiger partial charge in [-0.2, -0.15) is 0 Å². The molecule has 0 atom stereocenters. The lowest BCUT2D eigenvalue weighted by atomic mass is 10.1. The second-order valence-corrected chi connectivity index (χ2v) is 3.32. The summed E-state index contributed by atoms with van der Waals surface area (Å²) in [7, 11) is 0. The first-order chi connectivity index (χ1) is 5.95. The van der Waals surface area contributed by atoms with E-state index in [2.05, 4.69) is 15.9 Å². The molecule has 0 aromatic heterocycles. The van der Waals surface area contributed by atoms with E-state index in [1.807, 2.05) is 0 Å². The van der Waals surface area contributed by atoms with E-state index in [0.717, 1.165) is 6.07 Å². The standard InChI is InChI=1S/C8H5BrF2O2/c1-3-6(10)4(8(12)13)2-5(9)7(3)11/h2H,1H3,(H,12,13). The molecule has 0 heterocycles. The maximum absolute atomic E-state index is 13.1. The molecule has 0 radical (unpaired) electrons. The van der Waals surface area contributed by atoms with Crippen molar-refractivity contribution in [2.75, 3.05) is 0 Å². The summed E-state index contributed by atoms with van der Waals surface area (Å²) in [5.41, 5.74) is -0.836. The fraction of sp³-hybridized carbons (Fsp3) is 0.125. The quantitative estimate of drug-likeness (QED) is 0.779. The molecule has 0 fully saturated rings. The fourth-order valence-corrected chi connectivity index (χ4v) is 1.41. The van der Waals surface area contributed by atoms with Crippen LogP contribution in [0.25, 0.3) is 0 Å². The lowest BCUT2D eigenvalue weighted by molar-refractivity contribution is 0.0691. The maximum Gasteiger partial charge on any atom is 0.338 e. The number of benzene rings is 1. The van der Waals surface area contributed by atoms with E-state index in [1.54, 1.807) is 0 Å². The van der Waals surface area contributed by atoms with Crippen molar-refractivity contribution < 1.29 is 18.7 Å². The lowest BCUT2D eigenvalue weighted by Gasteiger charge is -2.04. The zero-order chi connectivity index (χ0) is 10.2. The number of aromatic carboxylic acids is 1. The van der Waals surface area contributed by atoms with Crippen molar-refractivity contribution in [1.29, 1.82) is 0 Å². The second kappa shape index (κ2) is 3.41. The number of carboxylic acids is 1. The van der Waals surface area contributed by atoms with Gasteiger partial charge in [0.2, 0.25) is 0 Å². The van der Waals surface area contributed by atoms with Gasteiger partial charge in [-0.3, -0.25) is 0 Å². The molecular weight excluding hydrogens is 246 g/mol. The van der Waals surface area contributed by atoms with Gasteiger partial charge in [0, 0.05) is 5.56 Å². The Morgan fingerprint density at radius 2 is 2.00 bits per heavy atom. The third-order valence-electron chi connectivity index (χ3n) is 1.61. The van der Waals surface area contributed by atoms with Gasteiger partial charge in [-0.1, -0.05) is 0 Å². The Balaban J connectivity index is 3.50. The first kappa shape index (κ1) is 10.1. The van der Waals surface area contributed by atoms with Crippen molar-refractivity contribution in [2.24, 2.45) is 0 Å². The average Bonchev–Trinajstić information content (AvgIpc) is 2.07. The van der Waals surface area contributed by atoms with Gasteiger partial charge in [0.1, 0.15) is 11.6 Å². The fourth-order valence-electron chi connectivity index (χ4n) is 0.887. The lowest BCUT2D eigenvalue weighted by Crippen LogP contribution is -2.04. The van der Waals surface area contributed by atoms with Crippen molar-refractivity contribution in [1.82, 2.24) is 0 Å². The summed E-state index contributed by atoms with van der Waals surface area (Å²) in [6.45, 7) is 1.18. The topological polar surface area (TPSA) is 37.3 Å². The summed E-state index contributed by atoms with van der Waals surface area (Å²) in [5.74, 6) is -3.22. The van der Waals surface area contributed by atoms with Gasteiger partial charge in [0.05, 0.1) is 10.0 Å². The van der Waals surface area contributed by atoms with E-state index < -0.39 is 23.2 Å². The van der Waals surface area contributed by atoms with Gasteiger partial charge >= 0.3 is 5.97 Å². The second-order valence-electron chi connectivity index (χ2n) is 2.46. The van der Waals surface area contributed by atoms with Crippen LogP contribution in [0.4, 0.5) is 8.78 Å². The monoisotopic (exact) mass is 250 g/mol. The molecule has 0 aliphatic heterocycles. The third kappa shape index (κ3) is 1.70. The smallest absolute Gasteiger partial charge is 0.338 e. The van der Waals surface area contributed by atoms with E-state index >= 15 is 0 Å². The Kier molecular flexibility index (Phi) is 2.66. The minimum Gasteiger partial charge on any atom is -0.478 e. The zero-order valence-electron chi connectivity index (χ0n) is 6.57. The molecule has 0 spiro atoms. The summed E-state index contributed by atoms with van der Waals surface area (Å²) in [4.78, 5) is 10.5. The summed E-state index contributed by atoms with van der Waals surface area (Å²) < 4.78 is 26.0. The molecule has 70 valence electrons. The van der Waals surface area contributed by atoms with Crippen LogP contribution in [0.15, 0.2) is 10.5 Å². The molecule has 0 unspecified atom stereocenters. The van der Waals surface area contributed by atoms with Gasteiger partial charge in [-0.15, -0.1) is 0 Å². The summed E-state index contributed by atoms with van der Waals surface area (Å²) in [5, 5.41) is 8.52. The molecule has 0 aliphatic carbocycles. The molecule has 0 amide bonds. The normalized spacial score (nSPS) is 10.2. The molecule has 1 aromatic rings. The molecular formula is C8H5BrF2O2. The maximum atomic E-state index is 13.1. The highest BCUT2D eigenvalue weighted by atomic mass is 79.9. The number of hydrogen-bond donors (Lipinski definition) is 1. The van der Waals surface area contributed by atoms with Gasteiger partial charge in [0.15, 0.2) is 0 Å². The Hall–Kier alpha value is -0.970. The Morgan fingerprint density at radius 3 is 2.46 bits per heavy atom. The van der Waals surface area contributed by atoms with Gasteiger partial charge in [0.25, 0.3) is 0 Å². The van der Waals surface area contributed by atoms with Crippen molar-refractivity contribution in [3.05, 3.63) is 33.3 Å². The Morgan fingerprint density at radius 1 is 1.46 bits per heavy atom. The first-order valence-electron chi connectivity index (χ1n) is 3.32. The highest BCUT2D eigenvalue weighted by Crippen LogP contribution is 2.24. The highest BCUT2D eigenvalue weighted by molar-refractivity contribution is 9.10. The van der Waals surface area contributed by atoms with Crippen molar-refractivity contribution in [3.8, 4) is 0 Å². The van der Waals surface area contributed by atoms with Gasteiger partial charge in [-0.05, 0) is 28.9 Å². The summed E-state index contributed by atoms with van der Waals surface area (Å²) in [6.07, 6.45) is 0. The van der Waals surface area contributed by atoms with Crippen LogP contribution < -0.4 is 0 Å². The molecule has 0 saturated carbocycles. The van der Waals surface area contributed by atoms with Crippen LogP contribution in [-0.2, 0) is 0 Å². The van der Waals surface area contributed by atoms with Crippen molar-refractivity contribution in [3.63, 3.8) is 0 Å². The highest BCUT2D eigenvalue weighted by Gasteiger charge is 2.17. The van der Waals surface area contributed by atoms with Gasteiger partial charge < -0.3 is 5.11 Å². The molecule has 2 nitrogen and oxygen atoms in total. The van der Waals surface area contributed by atoms with E-state index in [9.17, 15) is 13.6 Å². The average molecular weight is 251 g/mol. The minimum absolute atomic E-state index is 0.0520. The number of hydrogen-bond acceptors (Lipinski definition) is 1. The van der Waals surface area contributed by atoms with Crippen LogP contribution >= 0.6 is 15.9 Å². The molecule has 1 aromatic carbocycles.